The zero-order chi connectivity index (χ0) is 14.3. The Morgan fingerprint density at radius 3 is 2.37 bits per heavy atom. The number of piperidine rings is 1. The van der Waals surface area contributed by atoms with Crippen LogP contribution >= 0.6 is 0 Å². The Labute approximate surface area is 114 Å². The van der Waals surface area contributed by atoms with E-state index in [0.717, 1.165) is 13.1 Å². The van der Waals surface area contributed by atoms with Gasteiger partial charge in [0.25, 0.3) is 0 Å². The molecular formula is C14H27F3N2. The van der Waals surface area contributed by atoms with Gasteiger partial charge in [-0.25, -0.2) is 0 Å². The Balaban J connectivity index is 2.16. The molecule has 0 aromatic carbocycles. The van der Waals surface area contributed by atoms with E-state index in [1.54, 1.807) is 0 Å². The Kier molecular flexibility index (Phi) is 7.15. The maximum Gasteiger partial charge on any atom is 0.391 e. The summed E-state index contributed by atoms with van der Waals surface area (Å²) in [4.78, 5) is 2.18. The van der Waals surface area contributed by atoms with Gasteiger partial charge >= 0.3 is 6.18 Å². The molecule has 5 heteroatoms. The predicted octanol–water partition coefficient (Wildman–Crippen LogP) is 3.43. The molecule has 1 saturated heterocycles. The number of hydrogen-bond donors (Lipinski definition) is 1. The normalized spacial score (nSPS) is 20.7. The molecule has 1 aliphatic rings. The van der Waals surface area contributed by atoms with Crippen molar-refractivity contribution in [2.24, 2.45) is 5.92 Å². The zero-order valence-electron chi connectivity index (χ0n) is 12.1. The van der Waals surface area contributed by atoms with Crippen molar-refractivity contribution in [1.29, 1.82) is 0 Å². The molecule has 1 N–H and O–H groups in total. The van der Waals surface area contributed by atoms with Crippen molar-refractivity contribution in [3.8, 4) is 0 Å². The van der Waals surface area contributed by atoms with E-state index in [1.165, 1.54) is 19.3 Å². The van der Waals surface area contributed by atoms with Crippen LogP contribution < -0.4 is 5.32 Å². The molecule has 1 fully saturated rings. The number of hydrogen-bond acceptors (Lipinski definition) is 2. The molecule has 0 amide bonds. The molecule has 0 saturated carbocycles. The van der Waals surface area contributed by atoms with Crippen LogP contribution in [0.3, 0.4) is 0 Å². The van der Waals surface area contributed by atoms with Crippen LogP contribution in [0.15, 0.2) is 0 Å². The van der Waals surface area contributed by atoms with E-state index in [-0.39, 0.29) is 12.8 Å². The van der Waals surface area contributed by atoms with Gasteiger partial charge in [0.2, 0.25) is 0 Å². The Hall–Kier alpha value is -0.290. The summed E-state index contributed by atoms with van der Waals surface area (Å²) in [5.41, 5.74) is 0. The van der Waals surface area contributed by atoms with E-state index in [4.69, 9.17) is 0 Å². The molecule has 0 aliphatic carbocycles. The number of nitrogens with zero attached hydrogens (tertiary/aromatic N) is 1. The quantitative estimate of drug-likeness (QED) is 0.719. The van der Waals surface area contributed by atoms with Crippen LogP contribution in [0.1, 0.15) is 46.0 Å². The average molecular weight is 280 g/mol. The summed E-state index contributed by atoms with van der Waals surface area (Å²) in [6.07, 6.45) is 0.126. The van der Waals surface area contributed by atoms with Crippen molar-refractivity contribution in [2.45, 2.75) is 58.2 Å². The van der Waals surface area contributed by atoms with Gasteiger partial charge in [-0.2, -0.15) is 13.2 Å². The van der Waals surface area contributed by atoms with Gasteiger partial charge in [0.15, 0.2) is 0 Å². The second kappa shape index (κ2) is 8.10. The van der Waals surface area contributed by atoms with Gasteiger partial charge in [0.1, 0.15) is 0 Å². The molecule has 1 aliphatic heterocycles. The van der Waals surface area contributed by atoms with Crippen molar-refractivity contribution in [1.82, 2.24) is 10.2 Å². The third kappa shape index (κ3) is 6.13. The Bertz CT molecular complexity index is 235. The molecule has 1 atom stereocenters. The predicted molar refractivity (Wildman–Crippen MR) is 72.2 cm³/mol. The van der Waals surface area contributed by atoms with E-state index in [1.807, 2.05) is 0 Å². The monoisotopic (exact) mass is 280 g/mol. The largest absolute Gasteiger partial charge is 0.391 e. The second-order valence-electron chi connectivity index (χ2n) is 5.61. The molecule has 2 nitrogen and oxygen atoms in total. The summed E-state index contributed by atoms with van der Waals surface area (Å²) in [6.45, 7) is 7.30. The fraction of sp³-hybridized carbons (Fsp3) is 1.00. The highest BCUT2D eigenvalue weighted by molar-refractivity contribution is 4.80. The molecule has 1 rings (SSSR count). The second-order valence-corrected chi connectivity index (χ2v) is 5.61. The van der Waals surface area contributed by atoms with Crippen LogP contribution in [-0.2, 0) is 0 Å². The van der Waals surface area contributed by atoms with Crippen LogP contribution in [0.2, 0.25) is 0 Å². The van der Waals surface area contributed by atoms with Crippen LogP contribution in [0.4, 0.5) is 13.2 Å². The zero-order valence-corrected chi connectivity index (χ0v) is 12.1. The molecule has 0 aromatic heterocycles. The molecule has 0 bridgehead atoms. The summed E-state index contributed by atoms with van der Waals surface area (Å²) in [5.74, 6) is -1.09. The van der Waals surface area contributed by atoms with Crippen LogP contribution in [0.5, 0.6) is 0 Å². The van der Waals surface area contributed by atoms with E-state index in [2.05, 4.69) is 24.1 Å². The Morgan fingerprint density at radius 1 is 1.21 bits per heavy atom. The van der Waals surface area contributed by atoms with Gasteiger partial charge in [-0.05, 0) is 45.8 Å². The number of rotatable bonds is 7. The maximum atomic E-state index is 12.6. The number of alkyl halides is 3. The minimum absolute atomic E-state index is 0.254. The topological polar surface area (TPSA) is 15.3 Å². The summed E-state index contributed by atoms with van der Waals surface area (Å²) < 4.78 is 37.7. The molecule has 1 unspecified atom stereocenters. The smallest absolute Gasteiger partial charge is 0.315 e. The van der Waals surface area contributed by atoms with Crippen molar-refractivity contribution in [3.05, 3.63) is 0 Å². The average Bonchev–Trinajstić information content (AvgIpc) is 2.37. The third-order valence-corrected chi connectivity index (χ3v) is 4.01. The van der Waals surface area contributed by atoms with Crippen molar-refractivity contribution >= 4 is 0 Å². The van der Waals surface area contributed by atoms with Gasteiger partial charge in [0, 0.05) is 12.6 Å². The summed E-state index contributed by atoms with van der Waals surface area (Å²) in [5, 5.41) is 3.39. The van der Waals surface area contributed by atoms with Gasteiger partial charge in [-0.3, -0.25) is 4.90 Å². The number of halogens is 3. The first-order valence-corrected chi connectivity index (χ1v) is 7.46. The minimum atomic E-state index is -4.01. The van der Waals surface area contributed by atoms with Crippen LogP contribution in [0, 0.1) is 5.92 Å². The number of likely N-dealkylation sites (tertiary alicyclic amines) is 1. The third-order valence-electron chi connectivity index (χ3n) is 4.01. The van der Waals surface area contributed by atoms with Gasteiger partial charge in [0.05, 0.1) is 5.92 Å². The molecule has 0 aromatic rings. The lowest BCUT2D eigenvalue weighted by atomic mass is 9.95. The van der Waals surface area contributed by atoms with Crippen molar-refractivity contribution < 1.29 is 13.2 Å². The van der Waals surface area contributed by atoms with Gasteiger partial charge in [-0.15, -0.1) is 0 Å². The molecule has 19 heavy (non-hydrogen) atoms. The summed E-state index contributed by atoms with van der Waals surface area (Å²) >= 11 is 0. The molecule has 0 radical (unpaired) electrons. The van der Waals surface area contributed by atoms with Gasteiger partial charge < -0.3 is 5.32 Å². The van der Waals surface area contributed by atoms with Crippen molar-refractivity contribution in [3.63, 3.8) is 0 Å². The first-order chi connectivity index (χ1) is 8.95. The highest BCUT2D eigenvalue weighted by Crippen LogP contribution is 2.34. The maximum absolute atomic E-state index is 12.6. The lowest BCUT2D eigenvalue weighted by Crippen LogP contribution is -2.46. The highest BCUT2D eigenvalue weighted by atomic mass is 19.4. The summed E-state index contributed by atoms with van der Waals surface area (Å²) in [6, 6.07) is 0.329. The number of unbranched alkanes of at least 4 members (excludes halogenated alkanes) is 2. The standard InChI is InChI=1S/C14H27F3N2/c1-3-4-5-8-18-11-12(2)19-9-6-13(7-10-19)14(15,16)17/h12-13,18H,3-11H2,1-2H3. The fourth-order valence-corrected chi connectivity index (χ4v) is 2.61. The van der Waals surface area contributed by atoms with Crippen molar-refractivity contribution in [2.75, 3.05) is 26.2 Å². The first kappa shape index (κ1) is 16.8. The van der Waals surface area contributed by atoms with E-state index < -0.39 is 12.1 Å². The number of nitrogens with one attached hydrogen (secondary N) is 1. The highest BCUT2D eigenvalue weighted by Gasteiger charge is 2.41. The summed E-state index contributed by atoms with van der Waals surface area (Å²) in [7, 11) is 0. The van der Waals surface area contributed by atoms with E-state index in [9.17, 15) is 13.2 Å². The lowest BCUT2D eigenvalue weighted by molar-refractivity contribution is -0.185. The molecule has 114 valence electrons. The van der Waals surface area contributed by atoms with Gasteiger partial charge in [-0.1, -0.05) is 19.8 Å². The Morgan fingerprint density at radius 2 is 1.84 bits per heavy atom. The molecular weight excluding hydrogens is 253 g/mol. The first-order valence-electron chi connectivity index (χ1n) is 7.46. The minimum Gasteiger partial charge on any atom is -0.315 e. The molecule has 1 heterocycles. The molecule has 0 spiro atoms. The van der Waals surface area contributed by atoms with Crippen LogP contribution in [-0.4, -0.2) is 43.3 Å². The lowest BCUT2D eigenvalue weighted by Gasteiger charge is -2.36. The van der Waals surface area contributed by atoms with Crippen LogP contribution in [0.25, 0.3) is 0 Å². The fourth-order valence-electron chi connectivity index (χ4n) is 2.61. The SMILES string of the molecule is CCCCCNCC(C)N1CCC(C(F)(F)F)CC1. The van der Waals surface area contributed by atoms with E-state index >= 15 is 0 Å². The van der Waals surface area contributed by atoms with E-state index in [0.29, 0.717) is 19.1 Å².